The van der Waals surface area contributed by atoms with Crippen molar-refractivity contribution in [2.24, 2.45) is 5.73 Å². The van der Waals surface area contributed by atoms with Crippen LogP contribution in [-0.2, 0) is 12.7 Å². The molecule has 0 saturated carbocycles. The molecule has 1 fully saturated rings. The molecule has 1 saturated heterocycles. The number of likely N-dealkylation sites (tertiary alicyclic amines) is 1. The summed E-state index contributed by atoms with van der Waals surface area (Å²) in [7, 11) is 0. The van der Waals surface area contributed by atoms with Gasteiger partial charge in [0.15, 0.2) is 0 Å². The summed E-state index contributed by atoms with van der Waals surface area (Å²) in [6.07, 6.45) is -3.75. The summed E-state index contributed by atoms with van der Waals surface area (Å²) < 4.78 is 51.2. The first-order valence-corrected chi connectivity index (χ1v) is 5.70. The Hall–Kier alpha value is -0.850. The van der Waals surface area contributed by atoms with Crippen molar-refractivity contribution in [1.82, 2.24) is 4.90 Å². The maximum atomic E-state index is 12.9. The average Bonchev–Trinajstić information content (AvgIpc) is 2.65. The predicted molar refractivity (Wildman–Crippen MR) is 66.5 cm³/mol. The summed E-state index contributed by atoms with van der Waals surface area (Å²) in [6.45, 7) is 1.41. The van der Waals surface area contributed by atoms with Crippen LogP contribution in [0.5, 0.6) is 0 Å². The Kier molecular flexibility index (Phi) is 5.18. The molecule has 2 nitrogen and oxygen atoms in total. The van der Waals surface area contributed by atoms with Gasteiger partial charge in [-0.05, 0) is 24.1 Å². The van der Waals surface area contributed by atoms with Gasteiger partial charge in [0.1, 0.15) is 5.82 Å². The number of halogens is 5. The van der Waals surface area contributed by atoms with Crippen molar-refractivity contribution in [2.45, 2.75) is 25.2 Å². The number of hydrogen-bond donors (Lipinski definition) is 1. The minimum atomic E-state index is -4.53. The first-order valence-electron chi connectivity index (χ1n) is 5.70. The van der Waals surface area contributed by atoms with Gasteiger partial charge in [0, 0.05) is 25.7 Å². The second-order valence-corrected chi connectivity index (χ2v) is 4.58. The lowest BCUT2D eigenvalue weighted by atomic mass is 10.1. The van der Waals surface area contributed by atoms with E-state index in [-0.39, 0.29) is 30.6 Å². The second kappa shape index (κ2) is 6.07. The molecule has 2 rings (SSSR count). The van der Waals surface area contributed by atoms with Crippen molar-refractivity contribution in [3.63, 3.8) is 0 Å². The van der Waals surface area contributed by atoms with Gasteiger partial charge < -0.3 is 5.73 Å². The molecule has 0 aliphatic carbocycles. The number of nitrogens with two attached hydrogens (primary N) is 1. The zero-order valence-corrected chi connectivity index (χ0v) is 10.9. The normalized spacial score (nSPS) is 20.4. The number of benzene rings is 1. The Morgan fingerprint density at radius 2 is 2.00 bits per heavy atom. The maximum Gasteiger partial charge on any atom is 0.416 e. The average molecular weight is 299 g/mol. The van der Waals surface area contributed by atoms with Crippen LogP contribution in [-0.4, -0.2) is 24.0 Å². The highest BCUT2D eigenvalue weighted by molar-refractivity contribution is 5.85. The van der Waals surface area contributed by atoms with Crippen LogP contribution >= 0.6 is 12.4 Å². The van der Waals surface area contributed by atoms with Crippen LogP contribution in [0, 0.1) is 5.82 Å². The van der Waals surface area contributed by atoms with Crippen LogP contribution in [0.1, 0.15) is 17.5 Å². The molecule has 19 heavy (non-hydrogen) atoms. The highest BCUT2D eigenvalue weighted by Crippen LogP contribution is 2.33. The minimum Gasteiger partial charge on any atom is -0.326 e. The molecule has 1 heterocycles. The smallest absolute Gasteiger partial charge is 0.326 e. The highest BCUT2D eigenvalue weighted by Gasteiger charge is 2.34. The first kappa shape index (κ1) is 16.2. The predicted octanol–water partition coefficient (Wildman–Crippen LogP) is 2.80. The molecule has 1 atom stereocenters. The van der Waals surface area contributed by atoms with E-state index < -0.39 is 17.6 Å². The van der Waals surface area contributed by atoms with E-state index in [1.165, 1.54) is 6.07 Å². The summed E-state index contributed by atoms with van der Waals surface area (Å²) in [5.41, 5.74) is 4.90. The maximum absolute atomic E-state index is 12.9. The molecule has 1 aromatic carbocycles. The van der Waals surface area contributed by atoms with E-state index in [2.05, 4.69) is 0 Å². The van der Waals surface area contributed by atoms with E-state index in [1.54, 1.807) is 0 Å². The highest BCUT2D eigenvalue weighted by atomic mass is 35.5. The van der Waals surface area contributed by atoms with Crippen molar-refractivity contribution < 1.29 is 17.6 Å². The standard InChI is InChI=1S/C12H14F4N2.ClH/c13-9-2-1-8(11(5-9)12(14,15)16)6-18-4-3-10(17)7-18;/h1-2,5,10H,3-4,6-7,17H2;1H. The minimum absolute atomic E-state index is 0. The van der Waals surface area contributed by atoms with Gasteiger partial charge in [0.25, 0.3) is 0 Å². The molecule has 0 aromatic heterocycles. The van der Waals surface area contributed by atoms with E-state index in [1.807, 2.05) is 4.90 Å². The molecule has 0 amide bonds. The molecular formula is C12H15ClF4N2. The van der Waals surface area contributed by atoms with Crippen molar-refractivity contribution in [3.8, 4) is 0 Å². The molecule has 2 N–H and O–H groups in total. The number of hydrogen-bond acceptors (Lipinski definition) is 2. The van der Waals surface area contributed by atoms with Crippen molar-refractivity contribution in [2.75, 3.05) is 13.1 Å². The summed E-state index contributed by atoms with van der Waals surface area (Å²) >= 11 is 0. The number of alkyl halides is 3. The van der Waals surface area contributed by atoms with Crippen LogP contribution in [0.4, 0.5) is 17.6 Å². The van der Waals surface area contributed by atoms with Gasteiger partial charge in [0.2, 0.25) is 0 Å². The summed E-state index contributed by atoms with van der Waals surface area (Å²) in [4.78, 5) is 1.85. The first-order chi connectivity index (χ1) is 8.36. The fraction of sp³-hybridized carbons (Fsp3) is 0.500. The Bertz CT molecular complexity index is 436. The Labute approximate surface area is 115 Å². The van der Waals surface area contributed by atoms with Gasteiger partial charge in [-0.25, -0.2) is 4.39 Å². The van der Waals surface area contributed by atoms with E-state index in [4.69, 9.17) is 5.73 Å². The lowest BCUT2D eigenvalue weighted by molar-refractivity contribution is -0.138. The van der Waals surface area contributed by atoms with Gasteiger partial charge in [0.05, 0.1) is 5.56 Å². The fourth-order valence-corrected chi connectivity index (χ4v) is 2.20. The van der Waals surface area contributed by atoms with E-state index in [0.717, 1.165) is 12.5 Å². The van der Waals surface area contributed by atoms with Crippen LogP contribution in [0.25, 0.3) is 0 Å². The second-order valence-electron chi connectivity index (χ2n) is 4.58. The van der Waals surface area contributed by atoms with Crippen molar-refractivity contribution in [1.29, 1.82) is 0 Å². The molecule has 1 aliphatic heterocycles. The number of rotatable bonds is 2. The summed E-state index contributed by atoms with van der Waals surface area (Å²) in [5, 5.41) is 0. The van der Waals surface area contributed by atoms with E-state index >= 15 is 0 Å². The number of nitrogens with zero attached hydrogens (tertiary/aromatic N) is 1. The third kappa shape index (κ3) is 4.06. The van der Waals surface area contributed by atoms with Gasteiger partial charge in [-0.1, -0.05) is 6.07 Å². The lowest BCUT2D eigenvalue weighted by Crippen LogP contribution is -2.27. The largest absolute Gasteiger partial charge is 0.416 e. The third-order valence-electron chi connectivity index (χ3n) is 3.08. The molecule has 1 unspecified atom stereocenters. The van der Waals surface area contributed by atoms with Crippen LogP contribution < -0.4 is 5.73 Å². The zero-order valence-electron chi connectivity index (χ0n) is 10.1. The van der Waals surface area contributed by atoms with Gasteiger partial charge in [-0.3, -0.25) is 4.90 Å². The summed E-state index contributed by atoms with van der Waals surface area (Å²) in [5.74, 6) is -0.871. The van der Waals surface area contributed by atoms with Crippen LogP contribution in [0.15, 0.2) is 18.2 Å². The zero-order chi connectivity index (χ0) is 13.3. The van der Waals surface area contributed by atoms with Gasteiger partial charge >= 0.3 is 6.18 Å². The Balaban J connectivity index is 0.00000180. The molecule has 1 aromatic rings. The lowest BCUT2D eigenvalue weighted by Gasteiger charge is -2.19. The fourth-order valence-electron chi connectivity index (χ4n) is 2.20. The topological polar surface area (TPSA) is 29.3 Å². The quantitative estimate of drug-likeness (QED) is 0.851. The van der Waals surface area contributed by atoms with E-state index in [9.17, 15) is 17.6 Å². The molecular weight excluding hydrogens is 284 g/mol. The molecule has 0 radical (unpaired) electrons. The van der Waals surface area contributed by atoms with Crippen LogP contribution in [0.3, 0.4) is 0 Å². The summed E-state index contributed by atoms with van der Waals surface area (Å²) in [6, 6.07) is 2.81. The molecule has 1 aliphatic rings. The molecule has 7 heteroatoms. The van der Waals surface area contributed by atoms with E-state index in [0.29, 0.717) is 19.2 Å². The molecule has 108 valence electrons. The Morgan fingerprint density at radius 3 is 2.53 bits per heavy atom. The SMILES string of the molecule is Cl.NC1CCN(Cc2ccc(F)cc2C(F)(F)F)C1. The van der Waals surface area contributed by atoms with Gasteiger partial charge in [-0.15, -0.1) is 12.4 Å². The van der Waals surface area contributed by atoms with Gasteiger partial charge in [-0.2, -0.15) is 13.2 Å². The monoisotopic (exact) mass is 298 g/mol. The van der Waals surface area contributed by atoms with Crippen molar-refractivity contribution in [3.05, 3.63) is 35.1 Å². The van der Waals surface area contributed by atoms with Crippen LogP contribution in [0.2, 0.25) is 0 Å². The molecule has 0 spiro atoms. The third-order valence-corrected chi connectivity index (χ3v) is 3.08. The van der Waals surface area contributed by atoms with Crippen molar-refractivity contribution >= 4 is 12.4 Å². The molecule has 0 bridgehead atoms. The Morgan fingerprint density at radius 1 is 1.32 bits per heavy atom.